The molecule has 0 aliphatic heterocycles. The fourth-order valence-electron chi connectivity index (χ4n) is 1.83. The summed E-state index contributed by atoms with van der Waals surface area (Å²) in [7, 11) is -4.64. The Morgan fingerprint density at radius 1 is 1.05 bits per heavy atom. The van der Waals surface area contributed by atoms with Crippen LogP contribution in [0.4, 0.5) is 0 Å². The first-order valence-corrected chi connectivity index (χ1v) is 11.0. The van der Waals surface area contributed by atoms with Crippen molar-refractivity contribution in [3.05, 3.63) is 0 Å². The fourth-order valence-corrected chi connectivity index (χ4v) is 3.07. The van der Waals surface area contributed by atoms with Gasteiger partial charge in [-0.15, -0.1) is 0 Å². The summed E-state index contributed by atoms with van der Waals surface area (Å²) in [6.07, 6.45) is 8.69. The molecule has 0 fully saturated rings. The highest BCUT2D eigenvalue weighted by atomic mass is 79.9. The van der Waals surface area contributed by atoms with Crippen LogP contribution in [0.3, 0.4) is 0 Å². The summed E-state index contributed by atoms with van der Waals surface area (Å²) < 4.78 is 8.88. The maximum atomic E-state index is 9.78. The number of phosphoric acid groups is 1. The second-order valence-electron chi connectivity index (χ2n) is 5.29. The number of hydrogen-bond acceptors (Lipinski definition) is 3. The lowest BCUT2D eigenvalue weighted by Gasteiger charge is -2.24. The van der Waals surface area contributed by atoms with E-state index >= 15 is 0 Å². The third-order valence-electron chi connectivity index (χ3n) is 2.88. The molecule has 22 heavy (non-hydrogen) atoms. The summed E-state index contributed by atoms with van der Waals surface area (Å²) in [4.78, 5) is 21.8. The molecular weight excluding hydrogens is 443 g/mol. The molecule has 0 rings (SSSR count). The van der Waals surface area contributed by atoms with Gasteiger partial charge in [-0.1, -0.05) is 64.5 Å². The predicted octanol–water partition coefficient (Wildman–Crippen LogP) is 3.43. The van der Waals surface area contributed by atoms with Crippen molar-refractivity contribution < 1.29 is 29.5 Å². The molecule has 9 heteroatoms. The Labute approximate surface area is 149 Å². The zero-order valence-electron chi connectivity index (χ0n) is 13.0. The monoisotopic (exact) mass is 470 g/mol. The van der Waals surface area contributed by atoms with Crippen LogP contribution in [0, 0.1) is 0 Å². The van der Waals surface area contributed by atoms with Gasteiger partial charge >= 0.3 is 7.82 Å². The normalized spacial score (nSPS) is 13.5. The third-order valence-corrected chi connectivity index (χ3v) is 4.22. The minimum absolute atomic E-state index is 0.221. The molecule has 0 saturated carbocycles. The van der Waals surface area contributed by atoms with E-state index in [0.29, 0.717) is 12.8 Å². The van der Waals surface area contributed by atoms with Crippen LogP contribution in [0.25, 0.3) is 0 Å². The fraction of sp³-hybridized carbons (Fsp3) is 1.00. The van der Waals surface area contributed by atoms with Crippen molar-refractivity contribution >= 4 is 39.7 Å². The topological polar surface area (TPSA) is 118 Å². The lowest BCUT2D eigenvalue weighted by molar-refractivity contribution is -0.170. The molecule has 0 aromatic rings. The van der Waals surface area contributed by atoms with E-state index in [4.69, 9.17) is 19.2 Å². The molecule has 0 aliphatic carbocycles. The van der Waals surface area contributed by atoms with E-state index in [2.05, 4.69) is 38.8 Å². The van der Waals surface area contributed by atoms with Gasteiger partial charge in [0.05, 0.1) is 0 Å². The number of unbranched alkanes of at least 4 members (excludes halogenated alkanes) is 4. The third kappa shape index (κ3) is 25.9. The highest BCUT2D eigenvalue weighted by Gasteiger charge is 2.25. The van der Waals surface area contributed by atoms with E-state index in [-0.39, 0.29) is 4.83 Å². The van der Waals surface area contributed by atoms with Crippen molar-refractivity contribution in [3.8, 4) is 0 Å². The molecule has 6 nitrogen and oxygen atoms in total. The lowest BCUT2D eigenvalue weighted by Crippen LogP contribution is -2.31. The number of hydrogen-bond donors (Lipinski definition) is 5. The highest BCUT2D eigenvalue weighted by Crippen LogP contribution is 2.26. The standard InChI is InChI=1S/C13H26Br2O2.H3O4P/c1-2-3-9-13(16,17)11-12(15)8-6-4-5-7-10-14;1-5(2,3)4/h12,16-17H,2-11H2,1H3;(H3,1,2,3,4). The van der Waals surface area contributed by atoms with Crippen LogP contribution in [0.5, 0.6) is 0 Å². The molecule has 1 atom stereocenters. The van der Waals surface area contributed by atoms with Gasteiger partial charge in [0, 0.05) is 23.0 Å². The first kappa shape index (κ1) is 25.2. The SMILES string of the molecule is CCCCC(O)(O)CC(Br)CCCCCCBr.O=P(O)(O)O. The lowest BCUT2D eigenvalue weighted by atomic mass is 10.0. The van der Waals surface area contributed by atoms with Crippen LogP contribution in [0.1, 0.15) is 64.7 Å². The van der Waals surface area contributed by atoms with Gasteiger partial charge in [0.25, 0.3) is 0 Å². The Balaban J connectivity index is 0. The van der Waals surface area contributed by atoms with Crippen LogP contribution < -0.4 is 0 Å². The van der Waals surface area contributed by atoms with Gasteiger partial charge in [0.2, 0.25) is 0 Å². The summed E-state index contributed by atoms with van der Waals surface area (Å²) in [5, 5.41) is 20.6. The highest BCUT2D eigenvalue weighted by molar-refractivity contribution is 9.09. The summed E-state index contributed by atoms with van der Waals surface area (Å²) >= 11 is 6.96. The number of aliphatic hydroxyl groups is 2. The van der Waals surface area contributed by atoms with Crippen LogP contribution >= 0.6 is 39.7 Å². The average molecular weight is 472 g/mol. The van der Waals surface area contributed by atoms with Gasteiger partial charge in [-0.3, -0.25) is 0 Å². The van der Waals surface area contributed by atoms with E-state index in [9.17, 15) is 10.2 Å². The Hall–Kier alpha value is 0.990. The van der Waals surface area contributed by atoms with Gasteiger partial charge in [0.1, 0.15) is 0 Å². The van der Waals surface area contributed by atoms with Crippen LogP contribution in [-0.2, 0) is 4.57 Å². The van der Waals surface area contributed by atoms with Gasteiger partial charge in [-0.05, 0) is 19.3 Å². The van der Waals surface area contributed by atoms with E-state index in [1.165, 1.54) is 19.3 Å². The van der Waals surface area contributed by atoms with Crippen molar-refractivity contribution in [1.29, 1.82) is 0 Å². The predicted molar refractivity (Wildman–Crippen MR) is 95.2 cm³/mol. The number of rotatable bonds is 11. The quantitative estimate of drug-likeness (QED) is 0.136. The van der Waals surface area contributed by atoms with E-state index in [0.717, 1.165) is 31.0 Å². The molecule has 0 spiro atoms. The summed E-state index contributed by atoms with van der Waals surface area (Å²) in [5.74, 6) is -1.49. The Morgan fingerprint density at radius 3 is 2.00 bits per heavy atom. The summed E-state index contributed by atoms with van der Waals surface area (Å²) in [6.45, 7) is 2.06. The molecule has 1 unspecified atom stereocenters. The number of alkyl halides is 2. The molecule has 0 aromatic carbocycles. The molecule has 0 amide bonds. The molecule has 0 bridgehead atoms. The van der Waals surface area contributed by atoms with Gasteiger partial charge < -0.3 is 24.9 Å². The maximum Gasteiger partial charge on any atom is 0.466 e. The molecular formula is C13H29Br2O6P. The number of halogens is 2. The molecule has 0 aliphatic rings. The van der Waals surface area contributed by atoms with Gasteiger partial charge in [0.15, 0.2) is 5.79 Å². The molecule has 0 saturated heterocycles. The Morgan fingerprint density at radius 2 is 1.55 bits per heavy atom. The largest absolute Gasteiger partial charge is 0.466 e. The second kappa shape index (κ2) is 14.3. The molecule has 0 aromatic heterocycles. The summed E-state index contributed by atoms with van der Waals surface area (Å²) in [5.41, 5.74) is 0. The smallest absolute Gasteiger partial charge is 0.366 e. The molecule has 136 valence electrons. The minimum Gasteiger partial charge on any atom is -0.366 e. The van der Waals surface area contributed by atoms with Gasteiger partial charge in [-0.2, -0.15) is 0 Å². The maximum absolute atomic E-state index is 9.78. The average Bonchev–Trinajstić information content (AvgIpc) is 2.33. The van der Waals surface area contributed by atoms with E-state index in [1.807, 2.05) is 0 Å². The van der Waals surface area contributed by atoms with Crippen LogP contribution in [-0.4, -0.2) is 40.8 Å². The Bertz CT molecular complexity index is 290. The molecule has 0 radical (unpaired) electrons. The zero-order valence-corrected chi connectivity index (χ0v) is 17.1. The van der Waals surface area contributed by atoms with Crippen molar-refractivity contribution in [2.75, 3.05) is 5.33 Å². The first-order chi connectivity index (χ1) is 10.0. The molecule has 0 heterocycles. The van der Waals surface area contributed by atoms with E-state index < -0.39 is 13.6 Å². The van der Waals surface area contributed by atoms with Crippen molar-refractivity contribution in [2.45, 2.75) is 75.3 Å². The molecule has 5 N–H and O–H groups in total. The zero-order chi connectivity index (χ0) is 17.6. The van der Waals surface area contributed by atoms with E-state index in [1.54, 1.807) is 0 Å². The van der Waals surface area contributed by atoms with Crippen molar-refractivity contribution in [1.82, 2.24) is 0 Å². The van der Waals surface area contributed by atoms with Crippen LogP contribution in [0.15, 0.2) is 0 Å². The minimum atomic E-state index is -4.64. The van der Waals surface area contributed by atoms with Crippen molar-refractivity contribution in [3.63, 3.8) is 0 Å². The second-order valence-corrected chi connectivity index (χ2v) is 8.41. The van der Waals surface area contributed by atoms with Gasteiger partial charge in [-0.25, -0.2) is 4.57 Å². The first-order valence-electron chi connectivity index (χ1n) is 7.45. The van der Waals surface area contributed by atoms with Crippen molar-refractivity contribution in [2.24, 2.45) is 0 Å². The van der Waals surface area contributed by atoms with Crippen LogP contribution in [0.2, 0.25) is 0 Å². The Kier molecular flexibility index (Phi) is 16.5. The summed E-state index contributed by atoms with van der Waals surface area (Å²) in [6, 6.07) is 0.